The third-order valence-corrected chi connectivity index (χ3v) is 8.84. The molecule has 2 aromatic heterocycles. The zero-order chi connectivity index (χ0) is 31.3. The molecule has 1 fully saturated rings. The molecule has 0 unspecified atom stereocenters. The first-order chi connectivity index (χ1) is 21.1. The molecule has 4 amide bonds. The number of piperazine rings is 1. The number of ether oxygens (including phenoxy) is 1. The highest BCUT2D eigenvalue weighted by Gasteiger charge is 2.35. The lowest BCUT2D eigenvalue weighted by atomic mass is 9.96. The van der Waals surface area contributed by atoms with E-state index < -0.39 is 29.6 Å². The lowest BCUT2D eigenvalue weighted by Crippen LogP contribution is -2.56. The van der Waals surface area contributed by atoms with Crippen molar-refractivity contribution in [3.63, 3.8) is 0 Å². The van der Waals surface area contributed by atoms with Crippen LogP contribution in [0.4, 0.5) is 23.4 Å². The Morgan fingerprint density at radius 1 is 1.09 bits per heavy atom. The number of hydrogen-bond donors (Lipinski definition) is 1. The highest BCUT2D eigenvalue weighted by atomic mass is 35.5. The summed E-state index contributed by atoms with van der Waals surface area (Å²) in [7, 11) is 0. The Hall–Kier alpha value is -4.81. The number of urea groups is 1. The van der Waals surface area contributed by atoms with Gasteiger partial charge in [0.1, 0.15) is 22.7 Å². The van der Waals surface area contributed by atoms with Crippen molar-refractivity contribution in [3.05, 3.63) is 57.9 Å². The fraction of sp³-hybridized carbons (Fsp3) is 0.286. The Morgan fingerprint density at radius 3 is 2.45 bits per heavy atom. The van der Waals surface area contributed by atoms with E-state index in [1.165, 1.54) is 22.1 Å². The second kappa shape index (κ2) is 11.4. The van der Waals surface area contributed by atoms with Crippen LogP contribution in [0, 0.1) is 29.9 Å². The van der Waals surface area contributed by atoms with Crippen molar-refractivity contribution in [2.45, 2.75) is 13.3 Å². The number of nitriles is 1. The van der Waals surface area contributed by atoms with Crippen molar-refractivity contribution in [2.24, 2.45) is 0 Å². The Bertz CT molecular complexity index is 1900. The molecule has 0 spiro atoms. The molecule has 2 aliphatic heterocycles. The first kappa shape index (κ1) is 29.3. The van der Waals surface area contributed by atoms with Gasteiger partial charge in [-0.1, -0.05) is 22.5 Å². The van der Waals surface area contributed by atoms with Gasteiger partial charge in [-0.3, -0.25) is 9.69 Å². The normalized spacial score (nSPS) is 15.4. The van der Waals surface area contributed by atoms with E-state index in [4.69, 9.17) is 22.1 Å². The third kappa shape index (κ3) is 4.85. The number of hydrogen-bond acceptors (Lipinski definition) is 9. The first-order valence-electron chi connectivity index (χ1n) is 13.5. The van der Waals surface area contributed by atoms with Gasteiger partial charge in [0.15, 0.2) is 5.75 Å². The number of nitrogens with two attached hydrogens (primary N) is 1. The maximum Gasteiger partial charge on any atom is 0.362 e. The van der Waals surface area contributed by atoms with Gasteiger partial charge in [-0.25, -0.2) is 18.4 Å². The molecule has 2 N–H and O–H groups in total. The molecule has 6 rings (SSSR count). The highest BCUT2D eigenvalue weighted by Crippen LogP contribution is 2.47. The second-order valence-electron chi connectivity index (χ2n) is 10.1. The van der Waals surface area contributed by atoms with Crippen LogP contribution in [0.1, 0.15) is 28.0 Å². The molecule has 4 heterocycles. The molecular formula is C28H23ClF2N8O4S. The molecule has 0 atom stereocenters. The molecule has 2 aromatic carbocycles. The first-order valence-corrected chi connectivity index (χ1v) is 14.6. The molecule has 12 nitrogen and oxygen atoms in total. The van der Waals surface area contributed by atoms with Crippen LogP contribution in [0.5, 0.6) is 5.75 Å². The van der Waals surface area contributed by atoms with Crippen LogP contribution in [0.15, 0.2) is 24.4 Å². The van der Waals surface area contributed by atoms with E-state index in [0.29, 0.717) is 5.69 Å². The number of aromatic nitrogens is 3. The topological polar surface area (TPSA) is 151 Å². The Labute approximate surface area is 257 Å². The quantitative estimate of drug-likeness (QED) is 0.320. The molecule has 0 saturated carbocycles. The number of rotatable bonds is 1. The van der Waals surface area contributed by atoms with Crippen molar-refractivity contribution in [3.8, 4) is 22.9 Å². The molecule has 1 saturated heterocycles. The number of imide groups is 1. The maximum absolute atomic E-state index is 15.9. The van der Waals surface area contributed by atoms with E-state index >= 15 is 4.39 Å². The number of nitrogen functional groups attached to an aromatic ring is 1. The van der Waals surface area contributed by atoms with Gasteiger partial charge in [-0.05, 0) is 31.0 Å². The zero-order valence-electron chi connectivity index (χ0n) is 23.1. The van der Waals surface area contributed by atoms with Gasteiger partial charge in [0.2, 0.25) is 0 Å². The summed E-state index contributed by atoms with van der Waals surface area (Å²) in [6, 6.07) is 4.25. The number of thiophene rings is 1. The van der Waals surface area contributed by atoms with Crippen molar-refractivity contribution >= 4 is 56.0 Å². The van der Waals surface area contributed by atoms with E-state index in [9.17, 15) is 24.0 Å². The largest absolute Gasteiger partial charge is 0.491 e. The molecular weight excluding hydrogens is 618 g/mol. The summed E-state index contributed by atoms with van der Waals surface area (Å²) in [4.78, 5) is 44.9. The number of amides is 4. The number of nitrogens with zero attached hydrogens (tertiary/aromatic N) is 7. The van der Waals surface area contributed by atoms with E-state index in [-0.39, 0.29) is 93.9 Å². The second-order valence-corrected chi connectivity index (χ2v) is 11.6. The summed E-state index contributed by atoms with van der Waals surface area (Å²) in [5, 5.41) is 17.5. The Balaban J connectivity index is 1.30. The molecule has 226 valence electrons. The molecule has 16 heteroatoms. The van der Waals surface area contributed by atoms with Gasteiger partial charge in [-0.15, -0.1) is 16.4 Å². The number of aryl methyl sites for hydroxylation is 1. The summed E-state index contributed by atoms with van der Waals surface area (Å²) in [6.07, 6.45) is 1.73. The number of benzene rings is 2. The van der Waals surface area contributed by atoms with Crippen LogP contribution in [-0.4, -0.2) is 87.0 Å². The van der Waals surface area contributed by atoms with E-state index in [0.717, 1.165) is 33.2 Å². The number of halogens is 3. The minimum atomic E-state index is -0.935. The molecule has 4 aromatic rings. The Morgan fingerprint density at radius 2 is 1.80 bits per heavy atom. The van der Waals surface area contributed by atoms with Crippen molar-refractivity contribution in [1.82, 2.24) is 29.7 Å². The van der Waals surface area contributed by atoms with Crippen LogP contribution >= 0.6 is 22.9 Å². The number of anilines is 1. The summed E-state index contributed by atoms with van der Waals surface area (Å²) in [5.74, 6) is -2.52. The van der Waals surface area contributed by atoms with Crippen molar-refractivity contribution in [2.75, 3.05) is 45.1 Å². The van der Waals surface area contributed by atoms with E-state index in [2.05, 4.69) is 10.2 Å². The van der Waals surface area contributed by atoms with Gasteiger partial charge in [0, 0.05) is 43.7 Å². The third-order valence-electron chi connectivity index (χ3n) is 7.45. The lowest BCUT2D eigenvalue weighted by molar-refractivity contribution is 0.0698. The fourth-order valence-electron chi connectivity index (χ4n) is 5.30. The summed E-state index contributed by atoms with van der Waals surface area (Å²) in [5.41, 5.74) is 6.16. The van der Waals surface area contributed by atoms with Gasteiger partial charge in [0.25, 0.3) is 5.91 Å². The number of fused-ring (bicyclic) bond motifs is 2. The molecule has 0 radical (unpaired) electrons. The van der Waals surface area contributed by atoms with Crippen molar-refractivity contribution in [1.29, 1.82) is 5.26 Å². The lowest BCUT2D eigenvalue weighted by Gasteiger charge is -2.37. The van der Waals surface area contributed by atoms with Crippen LogP contribution < -0.4 is 10.5 Å². The molecule has 0 aliphatic carbocycles. The predicted molar refractivity (Wildman–Crippen MR) is 157 cm³/mol. The number of carbonyl (C=O) groups is 3. The maximum atomic E-state index is 15.9. The summed E-state index contributed by atoms with van der Waals surface area (Å²) in [6.45, 7) is 2.46. The van der Waals surface area contributed by atoms with E-state index in [1.54, 1.807) is 6.92 Å². The average molecular weight is 641 g/mol. The summed E-state index contributed by atoms with van der Waals surface area (Å²) >= 11 is 7.54. The Kier molecular flexibility index (Phi) is 7.56. The zero-order valence-corrected chi connectivity index (χ0v) is 24.7. The smallest absolute Gasteiger partial charge is 0.362 e. The molecule has 44 heavy (non-hydrogen) atoms. The molecule has 2 aliphatic rings. The SMILES string of the molecule is Cc1cnn(C(=O)N2CCN(C(=O)N3CCCOc4c(cc(F)c(-c5ccc(F)c6sc(N)c(C#N)c56)c4Cl)C3=O)CC2)n1. The standard InChI is InChI=1S/C28H23ClF2N8O4S/c1-14-13-34-39(35-14)28(42)37-8-6-36(7-9-37)27(41)38-5-2-10-43-23-16(26(38)40)11-19(31)21(22(23)29)15-3-4-18(30)24-20(15)17(12-32)25(33)44-24/h3-4,11,13H,2,5-10,33H2,1H3. The minimum Gasteiger partial charge on any atom is -0.491 e. The average Bonchev–Trinajstić information content (AvgIpc) is 3.60. The molecule has 0 bridgehead atoms. The number of carbonyl (C=O) groups excluding carboxylic acids is 3. The van der Waals surface area contributed by atoms with Crippen molar-refractivity contribution < 1.29 is 27.9 Å². The van der Waals surface area contributed by atoms with Gasteiger partial charge < -0.3 is 20.3 Å². The fourth-order valence-corrected chi connectivity index (χ4v) is 6.60. The van der Waals surface area contributed by atoms with E-state index in [1.807, 2.05) is 6.07 Å². The van der Waals surface area contributed by atoms with Crippen LogP contribution in [-0.2, 0) is 0 Å². The highest BCUT2D eigenvalue weighted by molar-refractivity contribution is 7.23. The monoisotopic (exact) mass is 640 g/mol. The van der Waals surface area contributed by atoms with Crippen LogP contribution in [0.25, 0.3) is 21.2 Å². The summed E-state index contributed by atoms with van der Waals surface area (Å²) < 4.78 is 36.4. The van der Waals surface area contributed by atoms with Crippen LogP contribution in [0.3, 0.4) is 0 Å². The minimum absolute atomic E-state index is 0.00597. The van der Waals surface area contributed by atoms with Gasteiger partial charge in [-0.2, -0.15) is 10.4 Å². The van der Waals surface area contributed by atoms with Gasteiger partial charge >= 0.3 is 12.1 Å². The van der Waals surface area contributed by atoms with Crippen LogP contribution in [0.2, 0.25) is 5.02 Å². The predicted octanol–water partition coefficient (Wildman–Crippen LogP) is 4.48. The van der Waals surface area contributed by atoms with Gasteiger partial charge in [0.05, 0.1) is 39.3 Å².